The number of methoxy groups -OCH3 is 1. The molecule has 0 spiro atoms. The van der Waals surface area contributed by atoms with E-state index >= 15 is 0 Å². The SMILES string of the molecule is COc1ncc(OCCN)s1. The highest BCUT2D eigenvalue weighted by atomic mass is 32.1. The van der Waals surface area contributed by atoms with Gasteiger partial charge in [-0.15, -0.1) is 0 Å². The molecule has 1 aromatic heterocycles. The second-order valence-electron chi connectivity index (χ2n) is 1.79. The summed E-state index contributed by atoms with van der Waals surface area (Å²) in [7, 11) is 1.57. The van der Waals surface area contributed by atoms with E-state index in [-0.39, 0.29) is 0 Å². The van der Waals surface area contributed by atoms with Crippen molar-refractivity contribution in [2.45, 2.75) is 0 Å². The number of hydrogen-bond acceptors (Lipinski definition) is 5. The van der Waals surface area contributed by atoms with E-state index in [0.717, 1.165) is 5.06 Å². The van der Waals surface area contributed by atoms with E-state index in [1.807, 2.05) is 0 Å². The van der Waals surface area contributed by atoms with Gasteiger partial charge < -0.3 is 15.2 Å². The summed E-state index contributed by atoms with van der Waals surface area (Å²) in [6.07, 6.45) is 1.62. The summed E-state index contributed by atoms with van der Waals surface area (Å²) in [6, 6.07) is 0. The van der Waals surface area contributed by atoms with Crippen LogP contribution in [-0.2, 0) is 0 Å². The molecular formula is C6H10N2O2S. The normalized spacial score (nSPS) is 9.64. The van der Waals surface area contributed by atoms with Gasteiger partial charge in [-0.2, -0.15) is 0 Å². The molecule has 0 radical (unpaired) electrons. The Labute approximate surface area is 69.0 Å². The maximum Gasteiger partial charge on any atom is 0.276 e. The van der Waals surface area contributed by atoms with Crippen LogP contribution in [0.25, 0.3) is 0 Å². The van der Waals surface area contributed by atoms with Crippen molar-refractivity contribution in [3.63, 3.8) is 0 Å². The van der Waals surface area contributed by atoms with Crippen molar-refractivity contribution in [2.24, 2.45) is 5.73 Å². The number of ether oxygens (including phenoxy) is 2. The molecule has 62 valence electrons. The van der Waals surface area contributed by atoms with Gasteiger partial charge in [0.25, 0.3) is 5.19 Å². The van der Waals surface area contributed by atoms with Crippen LogP contribution in [0.1, 0.15) is 0 Å². The first kappa shape index (κ1) is 8.29. The molecule has 1 heterocycles. The molecule has 4 nitrogen and oxygen atoms in total. The maximum atomic E-state index is 5.24. The smallest absolute Gasteiger partial charge is 0.276 e. The summed E-state index contributed by atoms with van der Waals surface area (Å²) in [5.74, 6) is 0. The Kier molecular flexibility index (Phi) is 3.13. The molecule has 0 aliphatic rings. The number of thiazole rings is 1. The quantitative estimate of drug-likeness (QED) is 0.721. The molecule has 0 aliphatic heterocycles. The molecule has 11 heavy (non-hydrogen) atoms. The Balaban J connectivity index is 2.44. The van der Waals surface area contributed by atoms with Gasteiger partial charge >= 0.3 is 0 Å². The molecule has 0 unspecified atom stereocenters. The van der Waals surface area contributed by atoms with Crippen LogP contribution < -0.4 is 15.2 Å². The highest BCUT2D eigenvalue weighted by molar-refractivity contribution is 7.15. The minimum absolute atomic E-state index is 0.514. The molecule has 5 heteroatoms. The van der Waals surface area contributed by atoms with Gasteiger partial charge in [0, 0.05) is 6.54 Å². The molecule has 0 aromatic carbocycles. The highest BCUT2D eigenvalue weighted by Gasteiger charge is 2.00. The first-order valence-corrected chi connectivity index (χ1v) is 4.01. The third kappa shape index (κ3) is 2.36. The van der Waals surface area contributed by atoms with Gasteiger partial charge in [0.15, 0.2) is 5.06 Å². The third-order valence-corrected chi connectivity index (χ3v) is 1.87. The Morgan fingerprint density at radius 1 is 1.73 bits per heavy atom. The molecule has 0 amide bonds. The predicted molar refractivity (Wildman–Crippen MR) is 43.2 cm³/mol. The highest BCUT2D eigenvalue weighted by Crippen LogP contribution is 2.26. The van der Waals surface area contributed by atoms with Crippen molar-refractivity contribution >= 4 is 11.3 Å². The van der Waals surface area contributed by atoms with Gasteiger partial charge in [0.1, 0.15) is 6.61 Å². The Bertz CT molecular complexity index is 214. The second-order valence-corrected chi connectivity index (χ2v) is 2.74. The fraction of sp³-hybridized carbons (Fsp3) is 0.500. The largest absolute Gasteiger partial charge is 0.481 e. The summed E-state index contributed by atoms with van der Waals surface area (Å²) in [4.78, 5) is 3.92. The van der Waals surface area contributed by atoms with Crippen LogP contribution in [0.5, 0.6) is 10.3 Å². The van der Waals surface area contributed by atoms with E-state index in [9.17, 15) is 0 Å². The zero-order valence-electron chi connectivity index (χ0n) is 6.24. The fourth-order valence-corrected chi connectivity index (χ4v) is 1.17. The van der Waals surface area contributed by atoms with E-state index in [4.69, 9.17) is 15.2 Å². The van der Waals surface area contributed by atoms with Gasteiger partial charge in [-0.1, -0.05) is 0 Å². The second kappa shape index (κ2) is 4.15. The van der Waals surface area contributed by atoms with Gasteiger partial charge in [0.05, 0.1) is 13.3 Å². The van der Waals surface area contributed by atoms with Gasteiger partial charge in [-0.3, -0.25) is 0 Å². The lowest BCUT2D eigenvalue weighted by Crippen LogP contribution is -2.09. The first-order valence-electron chi connectivity index (χ1n) is 3.19. The van der Waals surface area contributed by atoms with E-state index in [2.05, 4.69) is 4.98 Å². The predicted octanol–water partition coefficient (Wildman–Crippen LogP) is 0.489. The van der Waals surface area contributed by atoms with Gasteiger partial charge in [-0.05, 0) is 11.3 Å². The number of nitrogens with two attached hydrogens (primary N) is 1. The summed E-state index contributed by atoms with van der Waals surface area (Å²) in [5.41, 5.74) is 5.24. The van der Waals surface area contributed by atoms with Gasteiger partial charge in [0.2, 0.25) is 0 Å². The minimum Gasteiger partial charge on any atom is -0.481 e. The molecule has 0 saturated heterocycles. The van der Waals surface area contributed by atoms with Crippen LogP contribution in [-0.4, -0.2) is 25.2 Å². The van der Waals surface area contributed by atoms with E-state index in [0.29, 0.717) is 18.3 Å². The lowest BCUT2D eigenvalue weighted by Gasteiger charge is -1.96. The molecule has 1 rings (SSSR count). The summed E-state index contributed by atoms with van der Waals surface area (Å²) < 4.78 is 10.1. The van der Waals surface area contributed by atoms with Crippen LogP contribution in [0.4, 0.5) is 0 Å². The Morgan fingerprint density at radius 3 is 3.09 bits per heavy atom. The van der Waals surface area contributed by atoms with Crippen molar-refractivity contribution in [1.82, 2.24) is 4.98 Å². The Hall–Kier alpha value is -0.810. The third-order valence-electron chi connectivity index (χ3n) is 1.00. The monoisotopic (exact) mass is 174 g/mol. The molecule has 0 aliphatic carbocycles. The van der Waals surface area contributed by atoms with E-state index in [1.54, 1.807) is 13.3 Å². The number of rotatable bonds is 4. The summed E-state index contributed by atoms with van der Waals surface area (Å²) in [6.45, 7) is 1.03. The average Bonchev–Trinajstić information content (AvgIpc) is 2.48. The van der Waals surface area contributed by atoms with Crippen molar-refractivity contribution in [3.05, 3.63) is 6.20 Å². The van der Waals surface area contributed by atoms with Gasteiger partial charge in [-0.25, -0.2) is 4.98 Å². The van der Waals surface area contributed by atoms with Crippen LogP contribution >= 0.6 is 11.3 Å². The van der Waals surface area contributed by atoms with Crippen LogP contribution in [0.2, 0.25) is 0 Å². The maximum absolute atomic E-state index is 5.24. The molecule has 2 N–H and O–H groups in total. The standard InChI is InChI=1S/C6H10N2O2S/c1-9-6-8-4-5(11-6)10-3-2-7/h4H,2-3,7H2,1H3. The van der Waals surface area contributed by atoms with Crippen LogP contribution in [0, 0.1) is 0 Å². The average molecular weight is 174 g/mol. The molecule has 0 saturated carbocycles. The molecule has 0 atom stereocenters. The van der Waals surface area contributed by atoms with Crippen LogP contribution in [0.3, 0.4) is 0 Å². The lowest BCUT2D eigenvalue weighted by molar-refractivity contribution is 0.337. The molecule has 0 bridgehead atoms. The number of hydrogen-bond donors (Lipinski definition) is 1. The zero-order valence-corrected chi connectivity index (χ0v) is 7.06. The molecule has 0 fully saturated rings. The number of nitrogens with zero attached hydrogens (tertiary/aromatic N) is 1. The number of aromatic nitrogens is 1. The van der Waals surface area contributed by atoms with Crippen molar-refractivity contribution in [2.75, 3.05) is 20.3 Å². The van der Waals surface area contributed by atoms with Crippen LogP contribution in [0.15, 0.2) is 6.20 Å². The zero-order chi connectivity index (χ0) is 8.10. The summed E-state index contributed by atoms with van der Waals surface area (Å²) >= 11 is 1.36. The first-order chi connectivity index (χ1) is 5.36. The van der Waals surface area contributed by atoms with Crippen molar-refractivity contribution in [3.8, 4) is 10.3 Å². The molecule has 1 aromatic rings. The fourth-order valence-electron chi connectivity index (χ4n) is 0.565. The van der Waals surface area contributed by atoms with Crippen molar-refractivity contribution < 1.29 is 9.47 Å². The minimum atomic E-state index is 0.514. The Morgan fingerprint density at radius 2 is 2.55 bits per heavy atom. The van der Waals surface area contributed by atoms with Crippen molar-refractivity contribution in [1.29, 1.82) is 0 Å². The molecular weight excluding hydrogens is 164 g/mol. The van der Waals surface area contributed by atoms with E-state index < -0.39 is 0 Å². The lowest BCUT2D eigenvalue weighted by atomic mass is 10.7. The van der Waals surface area contributed by atoms with E-state index in [1.165, 1.54) is 11.3 Å². The topological polar surface area (TPSA) is 57.4 Å². The summed E-state index contributed by atoms with van der Waals surface area (Å²) in [5, 5.41) is 1.35.